The molecule has 3 amide bonds. The number of primary amides is 1. The molecule has 2 radical (unpaired) electrons. The van der Waals surface area contributed by atoms with Crippen LogP contribution in [0.15, 0.2) is 61.1 Å². The number of benzene rings is 2. The third-order valence-corrected chi connectivity index (χ3v) is 5.69. The number of rotatable bonds is 8. The van der Waals surface area contributed by atoms with Gasteiger partial charge in [0.2, 0.25) is 19.7 Å². The number of amides is 3. The second kappa shape index (κ2) is 10.2. The summed E-state index contributed by atoms with van der Waals surface area (Å²) in [5, 5.41) is 4.86. The van der Waals surface area contributed by atoms with E-state index in [0.717, 1.165) is 26.8 Å². The fourth-order valence-electron chi connectivity index (χ4n) is 4.09. The molecule has 1 aliphatic carbocycles. The number of nitrogens with zero attached hydrogens (tertiary/aromatic N) is 2. The number of carbonyl (C=O) groups excluding carboxylic acids is 4. The van der Waals surface area contributed by atoms with Crippen molar-refractivity contribution in [2.45, 2.75) is 18.4 Å². The Morgan fingerprint density at radius 1 is 1.06 bits per heavy atom. The number of imidazole rings is 1. The van der Waals surface area contributed by atoms with Crippen LogP contribution in [0.25, 0.3) is 11.1 Å². The number of nitrogens with one attached hydrogen (secondary N) is 2. The van der Waals surface area contributed by atoms with Crippen molar-refractivity contribution in [3.05, 3.63) is 77.9 Å². The quantitative estimate of drug-likeness (QED) is 0.419. The average molecular weight is 471 g/mol. The van der Waals surface area contributed by atoms with E-state index < -0.39 is 36.3 Å². The molecule has 1 heterocycles. The number of hydrogen-bond acceptors (Lipinski definition) is 6. The van der Waals surface area contributed by atoms with Gasteiger partial charge in [-0.1, -0.05) is 48.5 Å². The molecule has 2 aromatic carbocycles. The molecule has 0 spiro atoms. The van der Waals surface area contributed by atoms with Crippen molar-refractivity contribution in [2.24, 2.45) is 5.73 Å². The van der Waals surface area contributed by atoms with E-state index in [-0.39, 0.29) is 18.9 Å². The maximum atomic E-state index is 12.7. The Bertz CT molecular complexity index is 1250. The molecule has 0 bridgehead atoms. The summed E-state index contributed by atoms with van der Waals surface area (Å²) in [6.45, 7) is -0.344. The van der Waals surface area contributed by atoms with Crippen LogP contribution in [0.4, 0.5) is 9.59 Å². The van der Waals surface area contributed by atoms with E-state index in [0.29, 0.717) is 5.69 Å². The van der Waals surface area contributed by atoms with Crippen LogP contribution in [0, 0.1) is 0 Å². The van der Waals surface area contributed by atoms with Crippen molar-refractivity contribution >= 4 is 31.6 Å². The van der Waals surface area contributed by atoms with E-state index in [9.17, 15) is 19.2 Å². The first-order chi connectivity index (χ1) is 16.8. The monoisotopic (exact) mass is 471 g/mol. The van der Waals surface area contributed by atoms with E-state index in [4.69, 9.17) is 18.3 Å². The maximum absolute atomic E-state index is 12.7. The molecule has 176 valence electrons. The minimum absolute atomic E-state index is 0.0613. The summed E-state index contributed by atoms with van der Waals surface area (Å²) in [5.74, 6) is -2.30. The van der Waals surface area contributed by atoms with Crippen molar-refractivity contribution in [3.63, 3.8) is 0 Å². The SMILES string of the molecule is [B]C(=O)n1cnc(CC(NC(=O)OCC2c3ccccc3-c3ccccc32)C(=O)NCC(N)=O)c1. The lowest BCUT2D eigenvalue weighted by Crippen LogP contribution is -2.50. The Morgan fingerprint density at radius 3 is 2.26 bits per heavy atom. The van der Waals surface area contributed by atoms with Gasteiger partial charge in [0, 0.05) is 18.5 Å². The fraction of sp³-hybridized carbons (Fsp3) is 0.208. The topological polar surface area (TPSA) is 145 Å². The molecule has 0 saturated carbocycles. The van der Waals surface area contributed by atoms with E-state index in [1.165, 1.54) is 12.5 Å². The van der Waals surface area contributed by atoms with Gasteiger partial charge in [0.15, 0.2) is 5.81 Å². The highest BCUT2D eigenvalue weighted by Gasteiger charge is 2.30. The first-order valence-corrected chi connectivity index (χ1v) is 10.8. The minimum atomic E-state index is -1.14. The zero-order valence-corrected chi connectivity index (χ0v) is 18.6. The van der Waals surface area contributed by atoms with E-state index >= 15 is 0 Å². The summed E-state index contributed by atoms with van der Waals surface area (Å²) in [6.07, 6.45) is 1.65. The van der Waals surface area contributed by atoms with Crippen LogP contribution in [0.1, 0.15) is 22.7 Å². The summed E-state index contributed by atoms with van der Waals surface area (Å²) in [6, 6.07) is 14.7. The summed E-state index contributed by atoms with van der Waals surface area (Å²) >= 11 is 0. The molecule has 1 unspecified atom stereocenters. The normalized spacial score (nSPS) is 12.8. The molecule has 1 aliphatic rings. The fourth-order valence-corrected chi connectivity index (χ4v) is 4.09. The Kier molecular flexibility index (Phi) is 6.95. The van der Waals surface area contributed by atoms with Gasteiger partial charge < -0.3 is 21.1 Å². The number of aromatic nitrogens is 2. The zero-order chi connectivity index (χ0) is 24.9. The second-order valence-corrected chi connectivity index (χ2v) is 8.02. The van der Waals surface area contributed by atoms with Crippen LogP contribution < -0.4 is 16.4 Å². The highest BCUT2D eigenvalue weighted by atomic mass is 16.5. The van der Waals surface area contributed by atoms with Crippen LogP contribution in [0.2, 0.25) is 0 Å². The standard InChI is InChI=1S/C24H22BN5O5/c25-23(33)30-11-14(28-13-30)9-20(22(32)27-10-21(26)31)29-24(34)35-12-19-17-7-3-1-5-15(17)16-6-2-4-8-18(16)19/h1-8,11,13,19-20H,9-10,12H2,(H2,26,31)(H,27,32)(H,29,34). The lowest BCUT2D eigenvalue weighted by molar-refractivity contribution is -0.126. The maximum Gasteiger partial charge on any atom is 0.407 e. The molecule has 0 fully saturated rings. The summed E-state index contributed by atoms with van der Waals surface area (Å²) in [7, 11) is 5.21. The van der Waals surface area contributed by atoms with Crippen LogP contribution >= 0.6 is 0 Å². The third-order valence-electron chi connectivity index (χ3n) is 5.69. The Labute approximate surface area is 202 Å². The Hall–Kier alpha value is -4.41. The number of nitrogens with two attached hydrogens (primary N) is 1. The van der Waals surface area contributed by atoms with Gasteiger partial charge in [0.25, 0.3) is 0 Å². The number of carbonyl (C=O) groups is 4. The molecule has 11 heteroatoms. The predicted molar refractivity (Wildman–Crippen MR) is 127 cm³/mol. The molecule has 1 aromatic heterocycles. The highest BCUT2D eigenvalue weighted by Crippen LogP contribution is 2.44. The summed E-state index contributed by atoms with van der Waals surface area (Å²) in [4.78, 5) is 51.7. The first kappa shape index (κ1) is 23.7. The first-order valence-electron chi connectivity index (χ1n) is 10.8. The number of hydrogen-bond donors (Lipinski definition) is 3. The molecule has 3 aromatic rings. The molecule has 35 heavy (non-hydrogen) atoms. The predicted octanol–water partition coefficient (Wildman–Crippen LogP) is 1.07. The molecular formula is C24H22BN5O5. The van der Waals surface area contributed by atoms with Crippen molar-refractivity contribution in [2.75, 3.05) is 13.2 Å². The van der Waals surface area contributed by atoms with E-state index in [1.54, 1.807) is 0 Å². The zero-order valence-electron chi connectivity index (χ0n) is 18.6. The lowest BCUT2D eigenvalue weighted by atomic mass is 9.98. The van der Waals surface area contributed by atoms with E-state index in [2.05, 4.69) is 15.6 Å². The third kappa shape index (κ3) is 5.40. The van der Waals surface area contributed by atoms with Gasteiger partial charge in [-0.15, -0.1) is 0 Å². The smallest absolute Gasteiger partial charge is 0.407 e. The van der Waals surface area contributed by atoms with Crippen molar-refractivity contribution in [1.82, 2.24) is 20.2 Å². The van der Waals surface area contributed by atoms with E-state index in [1.807, 2.05) is 48.5 Å². The van der Waals surface area contributed by atoms with Crippen molar-refractivity contribution in [1.29, 1.82) is 0 Å². The van der Waals surface area contributed by atoms with Gasteiger partial charge in [0.1, 0.15) is 19.0 Å². The lowest BCUT2D eigenvalue weighted by Gasteiger charge is -2.19. The van der Waals surface area contributed by atoms with Crippen LogP contribution in [-0.4, -0.2) is 60.3 Å². The van der Waals surface area contributed by atoms with Gasteiger partial charge >= 0.3 is 6.09 Å². The molecule has 10 nitrogen and oxygen atoms in total. The van der Waals surface area contributed by atoms with Gasteiger partial charge in [-0.25, -0.2) is 9.78 Å². The van der Waals surface area contributed by atoms with Crippen LogP contribution in [-0.2, 0) is 20.7 Å². The molecule has 0 aliphatic heterocycles. The number of alkyl carbamates (subject to hydrolysis) is 1. The molecule has 1 atom stereocenters. The second-order valence-electron chi connectivity index (χ2n) is 8.02. The molecule has 0 saturated heterocycles. The van der Waals surface area contributed by atoms with Crippen LogP contribution in [0.3, 0.4) is 0 Å². The van der Waals surface area contributed by atoms with Gasteiger partial charge in [-0.2, -0.15) is 0 Å². The largest absolute Gasteiger partial charge is 0.449 e. The van der Waals surface area contributed by atoms with Gasteiger partial charge in [-0.3, -0.25) is 19.0 Å². The van der Waals surface area contributed by atoms with Crippen molar-refractivity contribution < 1.29 is 23.9 Å². The summed E-state index contributed by atoms with van der Waals surface area (Å²) < 4.78 is 6.55. The average Bonchev–Trinajstić information content (AvgIpc) is 3.44. The van der Waals surface area contributed by atoms with Gasteiger partial charge in [0.05, 0.1) is 12.2 Å². The molecule has 4 N–H and O–H groups in total. The Morgan fingerprint density at radius 2 is 1.69 bits per heavy atom. The van der Waals surface area contributed by atoms with Crippen LogP contribution in [0.5, 0.6) is 0 Å². The minimum Gasteiger partial charge on any atom is -0.449 e. The number of ether oxygens (including phenoxy) is 1. The molecule has 4 rings (SSSR count). The molecular weight excluding hydrogens is 449 g/mol. The number of fused-ring (bicyclic) bond motifs is 3. The highest BCUT2D eigenvalue weighted by molar-refractivity contribution is 6.57. The van der Waals surface area contributed by atoms with Gasteiger partial charge in [-0.05, 0) is 22.3 Å². The van der Waals surface area contributed by atoms with Crippen molar-refractivity contribution in [3.8, 4) is 11.1 Å². The summed E-state index contributed by atoms with van der Waals surface area (Å²) in [5.41, 5.74) is 9.69. The Balaban J connectivity index is 1.45.